The molecule has 18 rings (SSSR count). The predicted molar refractivity (Wildman–Crippen MR) is 444 cm³/mol. The number of anilines is 6. The van der Waals surface area contributed by atoms with Gasteiger partial charge in [0.2, 0.25) is 0 Å². The fraction of sp³-hybridized carbons (Fsp3) is 0.388. The third kappa shape index (κ3) is 18.7. The van der Waals surface area contributed by atoms with E-state index in [0.29, 0.717) is 6.54 Å². The maximum atomic E-state index is 14.0. The number of hydrogen-bond donors (Lipinski definition) is 1. The number of hydrogen-bond acceptors (Lipinski definition) is 23. The lowest BCUT2D eigenvalue weighted by Gasteiger charge is -2.36. The van der Waals surface area contributed by atoms with Crippen LogP contribution in [-0.2, 0) is 23.7 Å². The fourth-order valence-corrected chi connectivity index (χ4v) is 16.6. The lowest BCUT2D eigenvalue weighted by molar-refractivity contribution is -0.116. The molecule has 0 saturated carbocycles. The number of rotatable bonds is 21. The van der Waals surface area contributed by atoms with Gasteiger partial charge in [0.25, 0.3) is 0 Å². The minimum absolute atomic E-state index is 0.0944. The zero-order chi connectivity index (χ0) is 79.2. The second-order valence-electron chi connectivity index (χ2n) is 29.1. The normalized spacial score (nSPS) is 18.2. The van der Waals surface area contributed by atoms with Crippen LogP contribution in [0, 0.1) is 17.5 Å². The van der Waals surface area contributed by atoms with Crippen molar-refractivity contribution >= 4 is 74.1 Å². The van der Waals surface area contributed by atoms with Gasteiger partial charge in [0.1, 0.15) is 75.7 Å². The second kappa shape index (κ2) is 37.8. The molecule has 9 aromatic heterocycles. The summed E-state index contributed by atoms with van der Waals surface area (Å²) < 4.78 is 67.6. The first kappa shape index (κ1) is 79.7. The van der Waals surface area contributed by atoms with E-state index >= 15 is 0 Å². The summed E-state index contributed by atoms with van der Waals surface area (Å²) in [6.07, 6.45) is 12.2. The summed E-state index contributed by atoms with van der Waals surface area (Å²) in [5, 5.41) is 19.0. The van der Waals surface area contributed by atoms with E-state index in [4.69, 9.17) is 49.2 Å². The van der Waals surface area contributed by atoms with E-state index in [1.807, 2.05) is 129 Å². The number of aromatic nitrogens is 12. The highest BCUT2D eigenvalue weighted by Gasteiger charge is 2.33. The SMILES string of the molecule is COC(CBr)OC.COC(CN1CCN(c2cccc(-c3cnc4ccc(N5CCCC5c5cccc(F)c5)nn34)n2)CC1)OC.Fc1cccc(C2CCCN2c2ccc3ncc(-c4cccc(N5CCNCC5)n4)n3n2)c1.O=CCN1CCN(c2cccc(-c3cnc4ccc(N5CCCC5c5cccc(F)c5)nn34)n2)CC1. The van der Waals surface area contributed by atoms with Gasteiger partial charge in [0.15, 0.2) is 29.5 Å². The average Bonchev–Trinajstić information content (AvgIpc) is 1.65. The Bertz CT molecular complexity index is 5200. The molecule has 600 valence electrons. The molecule has 30 heteroatoms. The van der Waals surface area contributed by atoms with Crippen molar-refractivity contribution in [1.29, 1.82) is 0 Å². The smallest absolute Gasteiger partial charge is 0.169 e. The van der Waals surface area contributed by atoms with Gasteiger partial charge in [-0.1, -0.05) is 70.5 Å². The zero-order valence-corrected chi connectivity index (χ0v) is 66.8. The fourth-order valence-electron chi connectivity index (χ4n) is 16.1. The molecule has 6 aliphatic rings. The number of piperazine rings is 3. The van der Waals surface area contributed by atoms with Gasteiger partial charge < -0.3 is 58.5 Å². The molecule has 115 heavy (non-hydrogen) atoms. The van der Waals surface area contributed by atoms with Crippen molar-refractivity contribution in [3.8, 4) is 34.2 Å². The maximum absolute atomic E-state index is 14.0. The summed E-state index contributed by atoms with van der Waals surface area (Å²) in [7, 11) is 6.56. The third-order valence-electron chi connectivity index (χ3n) is 22.1. The van der Waals surface area contributed by atoms with E-state index in [2.05, 4.69) is 87.5 Å². The van der Waals surface area contributed by atoms with Crippen molar-refractivity contribution < 1.29 is 36.9 Å². The molecule has 12 aromatic rings. The Morgan fingerprint density at radius 3 is 1.10 bits per heavy atom. The number of halogens is 4. The number of fused-ring (bicyclic) bond motifs is 3. The lowest BCUT2D eigenvalue weighted by Crippen LogP contribution is -2.49. The maximum Gasteiger partial charge on any atom is 0.169 e. The van der Waals surface area contributed by atoms with Gasteiger partial charge in [-0.15, -0.1) is 15.3 Å². The van der Waals surface area contributed by atoms with Crippen molar-refractivity contribution in [3.05, 3.63) is 217 Å². The number of benzene rings is 3. The van der Waals surface area contributed by atoms with Gasteiger partial charge in [-0.05, 0) is 164 Å². The van der Waals surface area contributed by atoms with Gasteiger partial charge >= 0.3 is 0 Å². The average molecular weight is 1630 g/mol. The van der Waals surface area contributed by atoms with Gasteiger partial charge in [-0.2, -0.15) is 0 Å². The van der Waals surface area contributed by atoms with Crippen molar-refractivity contribution in [1.82, 2.24) is 73.9 Å². The van der Waals surface area contributed by atoms with Crippen LogP contribution in [0.5, 0.6) is 0 Å². The van der Waals surface area contributed by atoms with Crippen LogP contribution in [0.25, 0.3) is 51.1 Å². The molecule has 26 nitrogen and oxygen atoms in total. The van der Waals surface area contributed by atoms with Crippen LogP contribution in [0.4, 0.5) is 48.1 Å². The van der Waals surface area contributed by atoms with E-state index in [0.717, 1.165) is 258 Å². The van der Waals surface area contributed by atoms with Crippen molar-refractivity contribution in [2.75, 3.05) is 174 Å². The number of methoxy groups -OCH3 is 4. The molecule has 0 radical (unpaired) electrons. The highest BCUT2D eigenvalue weighted by molar-refractivity contribution is 9.09. The molecular weight excluding hydrogens is 1530 g/mol. The van der Waals surface area contributed by atoms with E-state index < -0.39 is 0 Å². The Hall–Kier alpha value is -10.6. The second-order valence-corrected chi connectivity index (χ2v) is 29.8. The standard InChI is InChI=1S/C29H34FN7O2.C27H28FN7O.C25H26FN7.C4H9BrO2/c1-38-29(39-2)20-34-14-16-35(17-15-34)27-10-4-8-23(32-27)25-19-31-26-11-12-28(33-37(25)26)36-13-5-9-24(36)21-6-3-7-22(30)18-21;28-21-5-1-4-20(18-21)23-7-3-11-34(23)27-10-9-25-29-19-24(35(25)31-27)22-6-2-8-26(30-22)33-14-12-32(13-15-33)16-17-36;26-19-5-1-4-18(16-19)21-7-3-13-32(21)25-10-9-23-28-17-22(33(23)30-25)20-6-2-8-24(29-20)31-14-11-27-12-15-31;1-6-4(3-5)7-2/h3-4,6-8,10-12,18-19,24,29H,5,9,13-17,20H2,1-2H3;1-2,4-6,8-10,17-19,23H,3,7,11-16H2;1-2,4-6,8-10,16-17,21,27H,3,7,11-15H2;4H,3H2,1-2H3. The van der Waals surface area contributed by atoms with Gasteiger partial charge in [0, 0.05) is 133 Å². The molecule has 3 aromatic carbocycles. The number of carbonyl (C=O) groups excluding carboxylic acids is 1. The van der Waals surface area contributed by atoms with Crippen molar-refractivity contribution in [2.24, 2.45) is 0 Å². The molecule has 3 unspecified atom stereocenters. The van der Waals surface area contributed by atoms with E-state index in [1.165, 1.54) is 18.2 Å². The zero-order valence-electron chi connectivity index (χ0n) is 65.3. The Morgan fingerprint density at radius 2 is 0.765 bits per heavy atom. The van der Waals surface area contributed by atoms with Gasteiger partial charge in [-0.25, -0.2) is 56.6 Å². The number of ether oxygens (including phenoxy) is 4. The molecule has 0 spiro atoms. The number of alkyl halides is 1. The molecule has 1 N–H and O–H groups in total. The Balaban J connectivity index is 0.000000130. The third-order valence-corrected chi connectivity index (χ3v) is 22.7. The van der Waals surface area contributed by atoms with Crippen LogP contribution < -0.4 is 34.7 Å². The first-order chi connectivity index (χ1) is 56.4. The molecule has 15 heterocycles. The summed E-state index contributed by atoms with van der Waals surface area (Å²) in [5.74, 6) is 4.78. The van der Waals surface area contributed by atoms with Crippen LogP contribution in [0.3, 0.4) is 0 Å². The van der Waals surface area contributed by atoms with E-state index in [-0.39, 0.29) is 48.2 Å². The molecule has 6 aliphatic heterocycles. The van der Waals surface area contributed by atoms with Gasteiger partial charge in [0.05, 0.1) is 65.7 Å². The summed E-state index contributed by atoms with van der Waals surface area (Å²) in [5.41, 5.74) is 10.3. The highest BCUT2D eigenvalue weighted by Crippen LogP contribution is 2.40. The Labute approximate surface area is 675 Å². The number of nitrogens with zero attached hydrogens (tertiary/aromatic N) is 20. The lowest BCUT2D eigenvalue weighted by atomic mass is 10.0. The van der Waals surface area contributed by atoms with Crippen LogP contribution >= 0.6 is 15.9 Å². The Morgan fingerprint density at radius 1 is 0.417 bits per heavy atom. The minimum atomic E-state index is -0.213. The predicted octanol–water partition coefficient (Wildman–Crippen LogP) is 12.3. The Kier molecular flexibility index (Phi) is 26.2. The molecule has 3 atom stereocenters. The monoisotopic (exact) mass is 1630 g/mol. The number of imidazole rings is 3. The van der Waals surface area contributed by atoms with Crippen LogP contribution in [0.1, 0.15) is 73.3 Å². The summed E-state index contributed by atoms with van der Waals surface area (Å²) in [6, 6.07) is 51.2. The van der Waals surface area contributed by atoms with Crippen LogP contribution in [0.15, 0.2) is 182 Å². The van der Waals surface area contributed by atoms with E-state index in [9.17, 15) is 18.0 Å². The summed E-state index contributed by atoms with van der Waals surface area (Å²) >= 11 is 3.19. The van der Waals surface area contributed by atoms with Crippen LogP contribution in [0.2, 0.25) is 0 Å². The highest BCUT2D eigenvalue weighted by atomic mass is 79.9. The van der Waals surface area contributed by atoms with Crippen LogP contribution in [-0.4, -0.2) is 232 Å². The number of carbonyl (C=O) groups is 1. The van der Waals surface area contributed by atoms with E-state index in [1.54, 1.807) is 64.8 Å². The summed E-state index contributed by atoms with van der Waals surface area (Å²) in [4.78, 5) is 57.6. The number of aldehydes is 1. The number of pyridine rings is 3. The molecule has 6 saturated heterocycles. The minimum Gasteiger partial charge on any atom is -0.355 e. The van der Waals surface area contributed by atoms with Gasteiger partial charge in [-0.3, -0.25) is 9.80 Å². The molecule has 0 amide bonds. The van der Waals surface area contributed by atoms with Crippen molar-refractivity contribution in [2.45, 2.75) is 69.2 Å². The first-order valence-electron chi connectivity index (χ1n) is 39.5. The summed E-state index contributed by atoms with van der Waals surface area (Å²) in [6.45, 7) is 14.6. The molecule has 0 aliphatic carbocycles. The largest absolute Gasteiger partial charge is 0.355 e. The van der Waals surface area contributed by atoms with Crippen molar-refractivity contribution in [3.63, 3.8) is 0 Å². The molecular formula is C85H97BrF3N21O5. The quantitative estimate of drug-likeness (QED) is 0.0401. The number of nitrogens with one attached hydrogen (secondary N) is 1. The first-order valence-corrected chi connectivity index (χ1v) is 40.6. The molecule has 6 fully saturated rings. The molecule has 0 bridgehead atoms. The topological polar surface area (TPSA) is 221 Å².